The van der Waals surface area contributed by atoms with E-state index in [9.17, 15) is 13.2 Å². The number of rotatable bonds is 4. The molecule has 2 aromatic rings. The third kappa shape index (κ3) is 3.76. The molecule has 3 N–H and O–H groups in total. The van der Waals surface area contributed by atoms with Crippen LogP contribution in [-0.2, 0) is 15.4 Å². The summed E-state index contributed by atoms with van der Waals surface area (Å²) >= 11 is 0. The van der Waals surface area contributed by atoms with Crippen molar-refractivity contribution < 1.29 is 13.2 Å². The second kappa shape index (κ2) is 6.28. The Bertz CT molecular complexity index is 881. The van der Waals surface area contributed by atoms with E-state index in [-0.39, 0.29) is 21.6 Å². The highest BCUT2D eigenvalue weighted by molar-refractivity contribution is 7.92. The molecule has 0 spiro atoms. The van der Waals surface area contributed by atoms with Crippen molar-refractivity contribution in [2.75, 3.05) is 4.72 Å². The zero-order valence-corrected chi connectivity index (χ0v) is 15.1. The van der Waals surface area contributed by atoms with Crippen molar-refractivity contribution in [2.45, 2.75) is 38.0 Å². The molecule has 0 aliphatic carbocycles. The minimum Gasteiger partial charge on any atom is -0.366 e. The number of primary amides is 1. The topological polar surface area (TPSA) is 89.3 Å². The summed E-state index contributed by atoms with van der Waals surface area (Å²) in [7, 11) is -3.82. The first-order valence-electron chi connectivity index (χ1n) is 7.55. The summed E-state index contributed by atoms with van der Waals surface area (Å²) in [6.07, 6.45) is 0. The van der Waals surface area contributed by atoms with E-state index in [4.69, 9.17) is 5.73 Å². The van der Waals surface area contributed by atoms with Crippen LogP contribution < -0.4 is 10.5 Å². The van der Waals surface area contributed by atoms with Crippen LogP contribution in [0.1, 0.15) is 42.3 Å². The number of sulfonamides is 1. The smallest absolute Gasteiger partial charge is 0.262 e. The molecule has 0 atom stereocenters. The zero-order valence-electron chi connectivity index (χ0n) is 14.3. The Labute approximate surface area is 142 Å². The van der Waals surface area contributed by atoms with E-state index in [1.165, 1.54) is 12.1 Å². The molecule has 24 heavy (non-hydrogen) atoms. The molecule has 0 fully saturated rings. The number of aryl methyl sites for hydroxylation is 1. The first-order chi connectivity index (χ1) is 11.0. The lowest BCUT2D eigenvalue weighted by atomic mass is 9.86. The Hall–Kier alpha value is -2.34. The molecule has 0 aromatic heterocycles. The molecule has 0 saturated heterocycles. The maximum Gasteiger partial charge on any atom is 0.262 e. The lowest BCUT2D eigenvalue weighted by molar-refractivity contribution is 0.100. The van der Waals surface area contributed by atoms with E-state index in [1.54, 1.807) is 25.1 Å². The molecule has 0 bridgehead atoms. The number of para-hydroxylation sites is 1. The molecular weight excluding hydrogens is 324 g/mol. The highest BCUT2D eigenvalue weighted by atomic mass is 32.2. The highest BCUT2D eigenvalue weighted by Crippen LogP contribution is 2.27. The van der Waals surface area contributed by atoms with Gasteiger partial charge in [0.2, 0.25) is 0 Å². The Kier molecular flexibility index (Phi) is 4.71. The summed E-state index contributed by atoms with van der Waals surface area (Å²) in [5.41, 5.74) is 7.22. The van der Waals surface area contributed by atoms with Gasteiger partial charge in [0.15, 0.2) is 0 Å². The predicted molar refractivity (Wildman–Crippen MR) is 95.6 cm³/mol. The van der Waals surface area contributed by atoms with E-state index in [0.29, 0.717) is 5.56 Å². The van der Waals surface area contributed by atoms with E-state index < -0.39 is 15.9 Å². The molecular formula is C18H22N2O3S. The third-order valence-electron chi connectivity index (χ3n) is 3.77. The van der Waals surface area contributed by atoms with Crippen molar-refractivity contribution in [3.05, 3.63) is 59.2 Å². The average Bonchev–Trinajstić information content (AvgIpc) is 2.45. The van der Waals surface area contributed by atoms with Gasteiger partial charge in [0, 0.05) is 0 Å². The minimum absolute atomic E-state index is 0.0704. The van der Waals surface area contributed by atoms with Crippen LogP contribution in [0, 0.1) is 6.92 Å². The minimum atomic E-state index is -3.82. The Morgan fingerprint density at radius 2 is 1.71 bits per heavy atom. The SMILES string of the molecule is Cc1cc(C(C)(C)C)ccc1S(=O)(=O)Nc1ccccc1C(N)=O. The fraction of sp³-hybridized carbons (Fsp3) is 0.278. The Balaban J connectivity index is 2.44. The van der Waals surface area contributed by atoms with Gasteiger partial charge < -0.3 is 5.73 Å². The van der Waals surface area contributed by atoms with Gasteiger partial charge >= 0.3 is 0 Å². The van der Waals surface area contributed by atoms with Crippen LogP contribution in [0.2, 0.25) is 0 Å². The van der Waals surface area contributed by atoms with E-state index in [2.05, 4.69) is 25.5 Å². The van der Waals surface area contributed by atoms with Gasteiger partial charge in [-0.1, -0.05) is 45.0 Å². The number of nitrogens with one attached hydrogen (secondary N) is 1. The monoisotopic (exact) mass is 346 g/mol. The second-order valence-corrected chi connectivity index (χ2v) is 8.40. The summed E-state index contributed by atoms with van der Waals surface area (Å²) in [6, 6.07) is 11.5. The number of carbonyl (C=O) groups excluding carboxylic acids is 1. The van der Waals surface area contributed by atoms with Crippen LogP contribution >= 0.6 is 0 Å². The first-order valence-corrected chi connectivity index (χ1v) is 9.03. The van der Waals surface area contributed by atoms with E-state index >= 15 is 0 Å². The van der Waals surface area contributed by atoms with Crippen LogP contribution in [0.4, 0.5) is 5.69 Å². The number of hydrogen-bond donors (Lipinski definition) is 2. The summed E-state index contributed by atoms with van der Waals surface area (Å²) in [5.74, 6) is -0.687. The van der Waals surface area contributed by atoms with Crippen molar-refractivity contribution >= 4 is 21.6 Å². The Morgan fingerprint density at radius 1 is 1.08 bits per heavy atom. The van der Waals surface area contributed by atoms with Gasteiger partial charge in [-0.05, 0) is 41.7 Å². The molecule has 0 aliphatic rings. The van der Waals surface area contributed by atoms with Gasteiger partial charge in [0.05, 0.1) is 16.1 Å². The number of hydrogen-bond acceptors (Lipinski definition) is 3. The van der Waals surface area contributed by atoms with Gasteiger partial charge in [0.1, 0.15) is 0 Å². The Morgan fingerprint density at radius 3 is 2.25 bits per heavy atom. The molecule has 2 aromatic carbocycles. The summed E-state index contributed by atoms with van der Waals surface area (Å²) in [6.45, 7) is 7.95. The number of carbonyl (C=O) groups is 1. The molecule has 0 saturated carbocycles. The lowest BCUT2D eigenvalue weighted by Crippen LogP contribution is -2.19. The van der Waals surface area contributed by atoms with E-state index in [0.717, 1.165) is 5.56 Å². The van der Waals surface area contributed by atoms with Crippen LogP contribution in [0.5, 0.6) is 0 Å². The van der Waals surface area contributed by atoms with Crippen LogP contribution in [0.3, 0.4) is 0 Å². The molecule has 2 rings (SSSR count). The molecule has 0 unspecified atom stereocenters. The highest BCUT2D eigenvalue weighted by Gasteiger charge is 2.22. The van der Waals surface area contributed by atoms with Gasteiger partial charge in [-0.3, -0.25) is 9.52 Å². The van der Waals surface area contributed by atoms with Crippen molar-refractivity contribution in [3.8, 4) is 0 Å². The fourth-order valence-corrected chi connectivity index (χ4v) is 3.71. The van der Waals surface area contributed by atoms with Crippen molar-refractivity contribution in [2.24, 2.45) is 5.73 Å². The maximum absolute atomic E-state index is 12.7. The normalized spacial score (nSPS) is 12.0. The van der Waals surface area contributed by atoms with Gasteiger partial charge in [-0.2, -0.15) is 0 Å². The van der Waals surface area contributed by atoms with Gasteiger partial charge in [0.25, 0.3) is 15.9 Å². The quantitative estimate of drug-likeness (QED) is 0.891. The van der Waals surface area contributed by atoms with Gasteiger partial charge in [-0.25, -0.2) is 8.42 Å². The lowest BCUT2D eigenvalue weighted by Gasteiger charge is -2.21. The average molecular weight is 346 g/mol. The summed E-state index contributed by atoms with van der Waals surface area (Å²) in [5, 5.41) is 0. The molecule has 0 aliphatic heterocycles. The van der Waals surface area contributed by atoms with E-state index in [1.807, 2.05) is 12.1 Å². The van der Waals surface area contributed by atoms with Gasteiger partial charge in [-0.15, -0.1) is 0 Å². The van der Waals surface area contributed by atoms with Crippen LogP contribution in [0.15, 0.2) is 47.4 Å². The molecule has 0 heterocycles. The second-order valence-electron chi connectivity index (χ2n) is 6.75. The molecule has 5 nitrogen and oxygen atoms in total. The summed E-state index contributed by atoms with van der Waals surface area (Å²) < 4.78 is 27.8. The molecule has 0 radical (unpaired) electrons. The molecule has 6 heteroatoms. The van der Waals surface area contributed by atoms with Crippen molar-refractivity contribution in [3.63, 3.8) is 0 Å². The van der Waals surface area contributed by atoms with Crippen molar-refractivity contribution in [1.82, 2.24) is 0 Å². The van der Waals surface area contributed by atoms with Crippen LogP contribution in [-0.4, -0.2) is 14.3 Å². The third-order valence-corrected chi connectivity index (χ3v) is 5.29. The number of amides is 1. The summed E-state index contributed by atoms with van der Waals surface area (Å²) in [4.78, 5) is 11.6. The number of nitrogens with two attached hydrogens (primary N) is 1. The first kappa shape index (κ1) is 18.0. The fourth-order valence-electron chi connectivity index (χ4n) is 2.40. The number of benzene rings is 2. The maximum atomic E-state index is 12.7. The zero-order chi connectivity index (χ0) is 18.1. The van der Waals surface area contributed by atoms with Crippen LogP contribution in [0.25, 0.3) is 0 Å². The van der Waals surface area contributed by atoms with Crippen molar-refractivity contribution in [1.29, 1.82) is 0 Å². The largest absolute Gasteiger partial charge is 0.366 e. The standard InChI is InChI=1S/C18H22N2O3S/c1-12-11-13(18(2,3)4)9-10-16(12)24(22,23)20-15-8-6-5-7-14(15)17(19)21/h5-11,20H,1-4H3,(H2,19,21). The molecule has 1 amide bonds. The molecule has 128 valence electrons. The number of anilines is 1. The predicted octanol–water partition coefficient (Wildman–Crippen LogP) is 3.19.